The lowest BCUT2D eigenvalue weighted by molar-refractivity contribution is -0.133. The summed E-state index contributed by atoms with van der Waals surface area (Å²) in [7, 11) is 0. The summed E-state index contributed by atoms with van der Waals surface area (Å²) in [6.07, 6.45) is 9.46. The smallest absolute Gasteiger partial charge is 0.139 e. The van der Waals surface area contributed by atoms with Gasteiger partial charge in [-0.15, -0.1) is 0 Å². The summed E-state index contributed by atoms with van der Waals surface area (Å²) in [6, 6.07) is 0. The number of carbonyl (C=O) groups is 1. The summed E-state index contributed by atoms with van der Waals surface area (Å²) in [5, 5.41) is 0. The predicted molar refractivity (Wildman–Crippen MR) is 81.6 cm³/mol. The van der Waals surface area contributed by atoms with Crippen molar-refractivity contribution in [1.29, 1.82) is 0 Å². The number of carbonyl (C=O) groups excluding carboxylic acids is 1. The SMILES string of the molecule is C[C@]12CCCC=C1[C@@H](F)C[C@@H]1[C@@H]2CC[C@]2(C)C(=O)CC[C@@H]12. The van der Waals surface area contributed by atoms with E-state index in [4.69, 9.17) is 0 Å². The van der Waals surface area contributed by atoms with Crippen LogP contribution in [-0.2, 0) is 4.79 Å². The molecule has 0 N–H and O–H groups in total. The van der Waals surface area contributed by atoms with Crippen LogP contribution >= 0.6 is 0 Å². The molecular formula is C19H27FO. The fraction of sp³-hybridized carbons (Fsp3) is 0.842. The van der Waals surface area contributed by atoms with Gasteiger partial charge in [-0.3, -0.25) is 4.79 Å². The number of alkyl halides is 1. The molecule has 0 aromatic heterocycles. The van der Waals surface area contributed by atoms with Crippen LogP contribution in [0.5, 0.6) is 0 Å². The first kappa shape index (κ1) is 14.0. The van der Waals surface area contributed by atoms with Crippen molar-refractivity contribution in [3.8, 4) is 0 Å². The Balaban J connectivity index is 1.73. The zero-order chi connectivity index (χ0) is 14.8. The number of rotatable bonds is 0. The maximum Gasteiger partial charge on any atom is 0.139 e. The van der Waals surface area contributed by atoms with Crippen LogP contribution in [0.15, 0.2) is 11.6 Å². The van der Waals surface area contributed by atoms with Gasteiger partial charge in [-0.05, 0) is 73.7 Å². The fourth-order valence-corrected chi connectivity index (χ4v) is 6.53. The molecule has 0 heterocycles. The Morgan fingerprint density at radius 2 is 1.90 bits per heavy atom. The summed E-state index contributed by atoms with van der Waals surface area (Å²) < 4.78 is 14.9. The van der Waals surface area contributed by atoms with Crippen LogP contribution in [0.2, 0.25) is 0 Å². The van der Waals surface area contributed by atoms with Gasteiger partial charge >= 0.3 is 0 Å². The molecule has 0 unspecified atom stereocenters. The van der Waals surface area contributed by atoms with Gasteiger partial charge < -0.3 is 0 Å². The standard InChI is InChI=1S/C19H27FO/c1-18-9-4-3-5-15(18)16(20)11-12-13-6-7-17(21)19(13,2)10-8-14(12)18/h5,12-14,16H,3-4,6-11H2,1-2H3/t12-,13-,14-,16-,18+,19-/m0/s1. The minimum Gasteiger partial charge on any atom is -0.299 e. The Bertz CT molecular complexity index is 510. The van der Waals surface area contributed by atoms with Gasteiger partial charge in [-0.2, -0.15) is 0 Å². The molecule has 0 bridgehead atoms. The average Bonchev–Trinajstić information content (AvgIpc) is 2.75. The number of ketones is 1. The van der Waals surface area contributed by atoms with E-state index in [1.165, 1.54) is 6.42 Å². The van der Waals surface area contributed by atoms with Gasteiger partial charge in [0.25, 0.3) is 0 Å². The summed E-state index contributed by atoms with van der Waals surface area (Å²) in [5.74, 6) is 1.95. The van der Waals surface area contributed by atoms with Crippen LogP contribution in [-0.4, -0.2) is 12.0 Å². The molecule has 0 amide bonds. The van der Waals surface area contributed by atoms with Crippen molar-refractivity contribution in [2.75, 3.05) is 0 Å². The first-order valence-corrected chi connectivity index (χ1v) is 8.85. The third kappa shape index (κ3) is 1.71. The monoisotopic (exact) mass is 290 g/mol. The maximum absolute atomic E-state index is 14.9. The van der Waals surface area contributed by atoms with E-state index in [1.54, 1.807) is 0 Å². The van der Waals surface area contributed by atoms with E-state index in [2.05, 4.69) is 19.9 Å². The third-order valence-corrected chi connectivity index (χ3v) is 7.71. The van der Waals surface area contributed by atoms with Crippen LogP contribution in [0.3, 0.4) is 0 Å². The largest absolute Gasteiger partial charge is 0.299 e. The quantitative estimate of drug-likeness (QED) is 0.582. The van der Waals surface area contributed by atoms with E-state index < -0.39 is 6.17 Å². The molecule has 0 saturated heterocycles. The van der Waals surface area contributed by atoms with Crippen molar-refractivity contribution < 1.29 is 9.18 Å². The van der Waals surface area contributed by atoms with Crippen molar-refractivity contribution in [3.05, 3.63) is 11.6 Å². The second-order valence-corrected chi connectivity index (χ2v) is 8.47. The topological polar surface area (TPSA) is 17.1 Å². The van der Waals surface area contributed by atoms with Gasteiger partial charge in [0.05, 0.1) is 0 Å². The molecule has 116 valence electrons. The molecule has 0 aromatic carbocycles. The lowest BCUT2D eigenvalue weighted by Gasteiger charge is -2.57. The molecule has 3 fully saturated rings. The lowest BCUT2D eigenvalue weighted by atomic mass is 9.47. The second-order valence-electron chi connectivity index (χ2n) is 8.47. The van der Waals surface area contributed by atoms with Crippen LogP contribution < -0.4 is 0 Å². The normalized spacial score (nSPS) is 52.7. The highest BCUT2D eigenvalue weighted by atomic mass is 19.1. The lowest BCUT2D eigenvalue weighted by Crippen LogP contribution is -2.52. The molecule has 3 saturated carbocycles. The van der Waals surface area contributed by atoms with E-state index in [0.29, 0.717) is 30.0 Å². The molecule has 0 spiro atoms. The van der Waals surface area contributed by atoms with E-state index in [9.17, 15) is 9.18 Å². The molecule has 0 aliphatic heterocycles. The summed E-state index contributed by atoms with van der Waals surface area (Å²) >= 11 is 0. The van der Waals surface area contributed by atoms with E-state index in [-0.39, 0.29) is 10.8 Å². The van der Waals surface area contributed by atoms with E-state index in [0.717, 1.165) is 44.1 Å². The highest BCUT2D eigenvalue weighted by Crippen LogP contribution is 2.64. The molecule has 1 nitrogen and oxygen atoms in total. The minimum absolute atomic E-state index is 0.0769. The van der Waals surface area contributed by atoms with E-state index in [1.807, 2.05) is 0 Å². The van der Waals surface area contributed by atoms with Crippen molar-refractivity contribution in [3.63, 3.8) is 0 Å². The zero-order valence-corrected chi connectivity index (χ0v) is 13.3. The summed E-state index contributed by atoms with van der Waals surface area (Å²) in [6.45, 7) is 4.49. The molecule has 0 aromatic rings. The number of halogens is 1. The Hall–Kier alpha value is -0.660. The molecule has 4 rings (SSSR count). The Labute approximate surface area is 127 Å². The number of fused-ring (bicyclic) bond motifs is 5. The second kappa shape index (κ2) is 4.43. The fourth-order valence-electron chi connectivity index (χ4n) is 6.53. The number of hydrogen-bond acceptors (Lipinski definition) is 1. The van der Waals surface area contributed by atoms with Gasteiger partial charge in [0.15, 0.2) is 0 Å². The maximum atomic E-state index is 14.9. The number of allylic oxidation sites excluding steroid dienone is 2. The Morgan fingerprint density at radius 1 is 1.14 bits per heavy atom. The first-order valence-electron chi connectivity index (χ1n) is 8.85. The summed E-state index contributed by atoms with van der Waals surface area (Å²) in [4.78, 5) is 12.3. The van der Waals surface area contributed by atoms with Gasteiger partial charge in [0, 0.05) is 11.8 Å². The van der Waals surface area contributed by atoms with Gasteiger partial charge in [0.2, 0.25) is 0 Å². The summed E-state index contributed by atoms with van der Waals surface area (Å²) in [5.41, 5.74) is 1.06. The van der Waals surface area contributed by atoms with Crippen LogP contribution in [0, 0.1) is 28.6 Å². The van der Waals surface area contributed by atoms with Crippen LogP contribution in [0.25, 0.3) is 0 Å². The van der Waals surface area contributed by atoms with Crippen LogP contribution in [0.1, 0.15) is 65.2 Å². The molecule has 4 aliphatic rings. The number of Topliss-reactive ketones (excluding diaryl/α,β-unsaturated/α-hetero) is 1. The molecule has 2 heteroatoms. The average molecular weight is 290 g/mol. The van der Waals surface area contributed by atoms with Crippen molar-refractivity contribution in [1.82, 2.24) is 0 Å². The Kier molecular flexibility index (Phi) is 2.94. The molecule has 6 atom stereocenters. The van der Waals surface area contributed by atoms with Crippen molar-refractivity contribution >= 4 is 5.78 Å². The highest BCUT2D eigenvalue weighted by Gasteiger charge is 2.60. The number of hydrogen-bond donors (Lipinski definition) is 0. The van der Waals surface area contributed by atoms with Gasteiger partial charge in [-0.1, -0.05) is 19.9 Å². The molecule has 4 aliphatic carbocycles. The zero-order valence-electron chi connectivity index (χ0n) is 13.3. The molecule has 0 radical (unpaired) electrons. The van der Waals surface area contributed by atoms with E-state index >= 15 is 0 Å². The highest BCUT2D eigenvalue weighted by molar-refractivity contribution is 5.87. The molecular weight excluding hydrogens is 263 g/mol. The molecule has 21 heavy (non-hydrogen) atoms. The van der Waals surface area contributed by atoms with Crippen LogP contribution in [0.4, 0.5) is 4.39 Å². The van der Waals surface area contributed by atoms with Crippen molar-refractivity contribution in [2.45, 2.75) is 71.4 Å². The first-order chi connectivity index (χ1) is 9.97. The third-order valence-electron chi connectivity index (χ3n) is 7.71. The minimum atomic E-state index is -0.755. The van der Waals surface area contributed by atoms with Gasteiger partial charge in [-0.25, -0.2) is 4.39 Å². The van der Waals surface area contributed by atoms with Crippen molar-refractivity contribution in [2.24, 2.45) is 28.6 Å². The predicted octanol–water partition coefficient (Wildman–Crippen LogP) is 4.86. The van der Waals surface area contributed by atoms with Gasteiger partial charge in [0.1, 0.15) is 12.0 Å². The Morgan fingerprint density at radius 3 is 2.71 bits per heavy atom.